The third kappa shape index (κ3) is 5.85. The van der Waals surface area contributed by atoms with Gasteiger partial charge in [0.15, 0.2) is 17.9 Å². The lowest BCUT2D eigenvalue weighted by atomic mass is 10.0. The second-order valence-corrected chi connectivity index (χ2v) is 10.4. The number of nitrogens with zero attached hydrogens (tertiary/aromatic N) is 3. The van der Waals surface area contributed by atoms with Crippen molar-refractivity contribution in [2.75, 3.05) is 12.4 Å². The number of hydrogen-bond acceptors (Lipinski definition) is 8. The molecular weight excluding hydrogens is 504 g/mol. The van der Waals surface area contributed by atoms with Crippen molar-refractivity contribution < 1.29 is 23.5 Å². The molecule has 5 rings (SSSR count). The molecule has 1 aliphatic heterocycles. The highest BCUT2D eigenvalue weighted by Gasteiger charge is 2.31. The molecular formula is C28H30N4O5S. The number of rotatable bonds is 9. The molecule has 0 spiro atoms. The molecule has 2 amide bonds. The summed E-state index contributed by atoms with van der Waals surface area (Å²) in [6.45, 7) is 2.32. The maximum absolute atomic E-state index is 13.0. The van der Waals surface area contributed by atoms with Gasteiger partial charge in [-0.25, -0.2) is 9.99 Å². The van der Waals surface area contributed by atoms with Crippen molar-refractivity contribution in [3.63, 3.8) is 0 Å². The summed E-state index contributed by atoms with van der Waals surface area (Å²) < 4.78 is 16.9. The molecule has 2 aromatic carbocycles. The van der Waals surface area contributed by atoms with Gasteiger partial charge in [-0.3, -0.25) is 9.59 Å². The van der Waals surface area contributed by atoms with Crippen molar-refractivity contribution in [3.05, 3.63) is 71.9 Å². The number of nitrogens with one attached hydrogen (secondary N) is 1. The number of ether oxygens (including phenoxy) is 2. The first-order chi connectivity index (χ1) is 18.5. The predicted molar refractivity (Wildman–Crippen MR) is 146 cm³/mol. The van der Waals surface area contributed by atoms with Crippen molar-refractivity contribution in [3.8, 4) is 11.5 Å². The average Bonchev–Trinajstić information content (AvgIpc) is 3.65. The highest BCUT2D eigenvalue weighted by atomic mass is 32.2. The Kier molecular flexibility index (Phi) is 7.97. The molecule has 2 heterocycles. The van der Waals surface area contributed by atoms with E-state index < -0.39 is 5.91 Å². The van der Waals surface area contributed by atoms with Crippen molar-refractivity contribution in [1.82, 2.24) is 9.99 Å². The number of carbonyl (C=O) groups is 2. The predicted octanol–water partition coefficient (Wildman–Crippen LogP) is 6.11. The molecule has 1 N–H and O–H groups in total. The van der Waals surface area contributed by atoms with Crippen LogP contribution in [-0.4, -0.2) is 45.3 Å². The third-order valence-electron chi connectivity index (χ3n) is 6.59. The molecule has 0 saturated heterocycles. The van der Waals surface area contributed by atoms with E-state index >= 15 is 0 Å². The van der Waals surface area contributed by atoms with Gasteiger partial charge < -0.3 is 19.2 Å². The number of carbonyl (C=O) groups excluding carboxylic acids is 2. The molecule has 10 heteroatoms. The first kappa shape index (κ1) is 25.8. The molecule has 38 heavy (non-hydrogen) atoms. The molecule has 1 aromatic heterocycles. The smallest absolute Gasteiger partial charge is 0.302 e. The van der Waals surface area contributed by atoms with Crippen LogP contribution >= 0.6 is 11.8 Å². The normalized spacial score (nSPS) is 17.8. The largest absolute Gasteiger partial charge is 0.493 e. The second-order valence-electron chi connectivity index (χ2n) is 9.23. The second kappa shape index (κ2) is 11.7. The van der Waals surface area contributed by atoms with Crippen LogP contribution in [0.25, 0.3) is 0 Å². The average molecular weight is 535 g/mol. The van der Waals surface area contributed by atoms with Crippen LogP contribution in [0.1, 0.15) is 60.7 Å². The molecule has 1 saturated carbocycles. The van der Waals surface area contributed by atoms with Crippen LogP contribution in [0, 0.1) is 0 Å². The van der Waals surface area contributed by atoms with E-state index in [9.17, 15) is 9.59 Å². The van der Waals surface area contributed by atoms with Crippen LogP contribution in [0.3, 0.4) is 0 Å². The number of anilines is 1. The van der Waals surface area contributed by atoms with Gasteiger partial charge in [0, 0.05) is 11.3 Å². The van der Waals surface area contributed by atoms with Crippen molar-refractivity contribution in [1.29, 1.82) is 0 Å². The van der Waals surface area contributed by atoms with Crippen LogP contribution in [0.15, 0.2) is 64.6 Å². The number of hydrogen-bond donors (Lipinski definition) is 1. The molecule has 1 atom stereocenters. The fourth-order valence-corrected chi connectivity index (χ4v) is 5.58. The molecule has 9 nitrogen and oxygen atoms in total. The molecule has 1 fully saturated rings. The van der Waals surface area contributed by atoms with Gasteiger partial charge in [0.1, 0.15) is 0 Å². The highest BCUT2D eigenvalue weighted by Crippen LogP contribution is 2.36. The minimum Gasteiger partial charge on any atom is -0.493 e. The fourth-order valence-electron chi connectivity index (χ4n) is 4.65. The zero-order valence-corrected chi connectivity index (χ0v) is 22.2. The number of methoxy groups -OCH3 is 1. The van der Waals surface area contributed by atoms with Crippen LogP contribution < -0.4 is 14.8 Å². The van der Waals surface area contributed by atoms with E-state index in [1.165, 1.54) is 42.2 Å². The Balaban J connectivity index is 1.38. The maximum atomic E-state index is 13.0. The fraction of sp³-hybridized carbons (Fsp3) is 0.357. The van der Waals surface area contributed by atoms with Gasteiger partial charge >= 0.3 is 5.24 Å². The van der Waals surface area contributed by atoms with Crippen LogP contribution in [0.5, 0.6) is 11.5 Å². The molecule has 1 aliphatic carbocycles. The standard InChI is InChI=1S/C28H30N4O5S/c1-3-25-26(19-11-12-22(35-2)23(14-19)37-21-9-4-5-10-21)31-32(28(34)38-25)16-18-7-6-8-20(13-18)30-27(33)24-15-29-17-36-24/h6-8,11-15,17,21,25H,3-5,9-10,16H2,1-2H3,(H,30,33). The van der Waals surface area contributed by atoms with Gasteiger partial charge in [-0.2, -0.15) is 5.10 Å². The Morgan fingerprint density at radius 3 is 2.76 bits per heavy atom. The summed E-state index contributed by atoms with van der Waals surface area (Å²) in [5, 5.41) is 8.89. The number of thioether (sulfide) groups is 1. The SMILES string of the molecule is CCC1SC(=O)N(Cc2cccc(NC(=O)c3cnco3)c2)N=C1c1ccc(OC)c(OC2CCCC2)c1. The maximum Gasteiger partial charge on any atom is 0.302 e. The van der Waals surface area contributed by atoms with E-state index in [0.717, 1.165) is 36.1 Å². The minimum atomic E-state index is -0.398. The summed E-state index contributed by atoms with van der Waals surface area (Å²) in [6, 6.07) is 13.2. The van der Waals surface area contributed by atoms with Crippen LogP contribution in [0.2, 0.25) is 0 Å². The van der Waals surface area contributed by atoms with E-state index in [1.807, 2.05) is 36.4 Å². The monoisotopic (exact) mass is 534 g/mol. The Morgan fingerprint density at radius 1 is 1.18 bits per heavy atom. The molecule has 2 aliphatic rings. The van der Waals surface area contributed by atoms with E-state index in [-0.39, 0.29) is 28.9 Å². The van der Waals surface area contributed by atoms with Gasteiger partial charge in [0.2, 0.25) is 5.76 Å². The minimum absolute atomic E-state index is 0.0704. The summed E-state index contributed by atoms with van der Waals surface area (Å²) in [5.74, 6) is 1.12. The van der Waals surface area contributed by atoms with E-state index in [0.29, 0.717) is 17.2 Å². The molecule has 0 radical (unpaired) electrons. The lowest BCUT2D eigenvalue weighted by Crippen LogP contribution is -2.34. The van der Waals surface area contributed by atoms with E-state index in [4.69, 9.17) is 19.0 Å². The summed E-state index contributed by atoms with van der Waals surface area (Å²) in [5.41, 5.74) is 3.14. The number of amides is 2. The molecule has 198 valence electrons. The van der Waals surface area contributed by atoms with Crippen LogP contribution in [-0.2, 0) is 6.54 Å². The van der Waals surface area contributed by atoms with Gasteiger partial charge in [-0.1, -0.05) is 30.8 Å². The Hall–Kier alpha value is -3.79. The van der Waals surface area contributed by atoms with Gasteiger partial charge in [-0.05, 0) is 68.0 Å². The molecule has 1 unspecified atom stereocenters. The van der Waals surface area contributed by atoms with E-state index in [1.54, 1.807) is 13.2 Å². The van der Waals surface area contributed by atoms with E-state index in [2.05, 4.69) is 17.2 Å². The van der Waals surface area contributed by atoms with Crippen LogP contribution in [0.4, 0.5) is 10.5 Å². The van der Waals surface area contributed by atoms with Gasteiger partial charge in [-0.15, -0.1) is 0 Å². The van der Waals surface area contributed by atoms with Gasteiger partial charge in [0.05, 0.1) is 36.9 Å². The quantitative estimate of drug-likeness (QED) is 0.353. The number of aromatic nitrogens is 1. The van der Waals surface area contributed by atoms with Crippen molar-refractivity contribution >= 4 is 34.3 Å². The Bertz CT molecular complexity index is 1320. The lowest BCUT2D eigenvalue weighted by Gasteiger charge is -2.29. The number of benzene rings is 2. The zero-order valence-electron chi connectivity index (χ0n) is 21.4. The summed E-state index contributed by atoms with van der Waals surface area (Å²) in [6.07, 6.45) is 7.95. The first-order valence-corrected chi connectivity index (χ1v) is 13.6. The highest BCUT2D eigenvalue weighted by molar-refractivity contribution is 8.14. The lowest BCUT2D eigenvalue weighted by molar-refractivity contribution is 0.0996. The Labute approximate surface area is 225 Å². The summed E-state index contributed by atoms with van der Waals surface area (Å²) >= 11 is 1.27. The number of oxazole rings is 1. The summed E-state index contributed by atoms with van der Waals surface area (Å²) in [4.78, 5) is 29.1. The topological polar surface area (TPSA) is 106 Å². The Morgan fingerprint density at radius 2 is 2.03 bits per heavy atom. The molecule has 3 aromatic rings. The van der Waals surface area contributed by atoms with Crippen molar-refractivity contribution in [2.45, 2.75) is 56.9 Å². The third-order valence-corrected chi connectivity index (χ3v) is 7.84. The van der Waals surface area contributed by atoms with Gasteiger partial charge in [0.25, 0.3) is 5.91 Å². The summed E-state index contributed by atoms with van der Waals surface area (Å²) in [7, 11) is 1.64. The zero-order chi connectivity index (χ0) is 26.5. The molecule has 0 bridgehead atoms. The van der Waals surface area contributed by atoms with Crippen molar-refractivity contribution in [2.24, 2.45) is 5.10 Å². The first-order valence-electron chi connectivity index (χ1n) is 12.7. The number of hydrazone groups is 1.